The van der Waals surface area contributed by atoms with Gasteiger partial charge >= 0.3 is 5.97 Å². The van der Waals surface area contributed by atoms with Crippen LogP contribution in [0.25, 0.3) is 11.1 Å². The normalized spacial score (nSPS) is 28.5. The van der Waals surface area contributed by atoms with Crippen molar-refractivity contribution in [2.45, 2.75) is 51.0 Å². The number of halogens is 1. The number of hydrogen-bond acceptors (Lipinski definition) is 9. The van der Waals surface area contributed by atoms with Crippen molar-refractivity contribution in [1.82, 2.24) is 9.97 Å². The molecule has 0 bridgehead atoms. The lowest BCUT2D eigenvalue weighted by molar-refractivity contribution is -0.168. The van der Waals surface area contributed by atoms with Crippen molar-refractivity contribution in [3.8, 4) is 0 Å². The van der Waals surface area contributed by atoms with Crippen LogP contribution < -0.4 is 11.3 Å². The third-order valence-electron chi connectivity index (χ3n) is 6.12. The Labute approximate surface area is 199 Å². The first-order valence-corrected chi connectivity index (χ1v) is 11.2. The van der Waals surface area contributed by atoms with E-state index in [4.69, 9.17) is 40.7 Å². The Kier molecular flexibility index (Phi) is 5.64. The maximum atomic E-state index is 12.3. The molecule has 10 nitrogen and oxygen atoms in total. The number of esters is 1. The summed E-state index contributed by atoms with van der Waals surface area (Å²) in [6.07, 6.45) is -1.28. The summed E-state index contributed by atoms with van der Waals surface area (Å²) in [6, 6.07) is 7.13. The summed E-state index contributed by atoms with van der Waals surface area (Å²) in [5, 5.41) is 0.589. The third kappa shape index (κ3) is 3.76. The number of aromatic amines is 1. The van der Waals surface area contributed by atoms with E-state index in [0.717, 1.165) is 5.56 Å². The Morgan fingerprint density at radius 1 is 1.29 bits per heavy atom. The molecule has 0 saturated carbocycles. The number of carbonyl (C=O) groups excluding carboxylic acids is 1. The number of nitrogens with zero attached hydrogens (tertiary/aromatic N) is 1. The van der Waals surface area contributed by atoms with Gasteiger partial charge in [0.15, 0.2) is 6.29 Å². The standard InChI is InChI=1S/C23H24ClN3O7/c1-10(2)20(29)31-9-14-18-23(3,34-21(33-18)11-4-6-12(24)7-5-11)17(32-14)13-8-30-16-15(13)26-22(25)27-19(16)28/h4-8,10,14,17-18,21H,9H2,1-3H3,(H3,25,26,27,28)/t14-,17+,18-,21?,23+/m1/s1. The van der Waals surface area contributed by atoms with Crippen LogP contribution >= 0.6 is 11.6 Å². The SMILES string of the molecule is CC(C)C(=O)OC[C@H]1O[C@@H](c2coc3c(=O)[nH]c(N)nc23)[C@]2(C)OC(c3ccc(Cl)cc3)O[C@H]12. The molecule has 0 amide bonds. The summed E-state index contributed by atoms with van der Waals surface area (Å²) in [5.74, 6) is -0.690. The molecule has 2 aromatic heterocycles. The van der Waals surface area contributed by atoms with Crippen molar-refractivity contribution in [1.29, 1.82) is 0 Å². The summed E-state index contributed by atoms with van der Waals surface area (Å²) in [6.45, 7) is 5.32. The zero-order valence-electron chi connectivity index (χ0n) is 18.7. The van der Waals surface area contributed by atoms with E-state index in [1.54, 1.807) is 26.0 Å². The number of nitrogen functional groups attached to an aromatic ring is 1. The summed E-state index contributed by atoms with van der Waals surface area (Å²) in [4.78, 5) is 31.0. The van der Waals surface area contributed by atoms with Gasteiger partial charge < -0.3 is 29.1 Å². The lowest BCUT2D eigenvalue weighted by Crippen LogP contribution is -2.41. The van der Waals surface area contributed by atoms with Gasteiger partial charge in [-0.05, 0) is 19.1 Å². The number of H-pyrrole nitrogens is 1. The number of furan rings is 1. The second-order valence-electron chi connectivity index (χ2n) is 8.90. The zero-order valence-corrected chi connectivity index (χ0v) is 19.5. The number of carbonyl (C=O) groups is 1. The predicted octanol–water partition coefficient (Wildman–Crippen LogP) is 3.26. The first-order chi connectivity index (χ1) is 16.2. The summed E-state index contributed by atoms with van der Waals surface area (Å²) >= 11 is 6.03. The molecule has 0 aliphatic carbocycles. The van der Waals surface area contributed by atoms with E-state index in [1.165, 1.54) is 6.26 Å². The fourth-order valence-electron chi connectivity index (χ4n) is 4.40. The van der Waals surface area contributed by atoms with Gasteiger partial charge in [-0.3, -0.25) is 14.6 Å². The number of aromatic nitrogens is 2. The first kappa shape index (κ1) is 22.9. The van der Waals surface area contributed by atoms with Crippen molar-refractivity contribution in [3.05, 3.63) is 57.0 Å². The van der Waals surface area contributed by atoms with Crippen LogP contribution in [0.1, 0.15) is 44.3 Å². The molecule has 2 fully saturated rings. The van der Waals surface area contributed by atoms with Gasteiger partial charge in [-0.15, -0.1) is 0 Å². The minimum Gasteiger partial charge on any atom is -0.463 e. The minimum atomic E-state index is -1.02. The molecule has 5 atom stereocenters. The zero-order chi connectivity index (χ0) is 24.2. The molecular formula is C23H24ClN3O7. The average molecular weight is 490 g/mol. The highest BCUT2D eigenvalue weighted by Crippen LogP contribution is 2.54. The monoisotopic (exact) mass is 489 g/mol. The van der Waals surface area contributed by atoms with E-state index in [-0.39, 0.29) is 35.5 Å². The Hall–Kier alpha value is -2.92. The smallest absolute Gasteiger partial charge is 0.308 e. The lowest BCUT2D eigenvalue weighted by atomic mass is 9.89. The highest BCUT2D eigenvalue weighted by Gasteiger charge is 2.62. The van der Waals surface area contributed by atoms with Crippen LogP contribution in [-0.4, -0.2) is 40.4 Å². The summed E-state index contributed by atoms with van der Waals surface area (Å²) in [5.41, 5.74) is 5.79. The fourth-order valence-corrected chi connectivity index (χ4v) is 4.52. The Bertz CT molecular complexity index is 1290. The molecule has 11 heteroatoms. The van der Waals surface area contributed by atoms with Crippen LogP contribution in [0, 0.1) is 5.92 Å². The highest BCUT2D eigenvalue weighted by atomic mass is 35.5. The van der Waals surface area contributed by atoms with E-state index >= 15 is 0 Å². The molecule has 4 heterocycles. The van der Waals surface area contributed by atoms with Crippen LogP contribution in [0.4, 0.5) is 5.95 Å². The van der Waals surface area contributed by atoms with Gasteiger partial charge in [0, 0.05) is 16.1 Å². The molecule has 5 rings (SSSR count). The Morgan fingerprint density at radius 2 is 2.03 bits per heavy atom. The second-order valence-corrected chi connectivity index (χ2v) is 9.34. The quantitative estimate of drug-likeness (QED) is 0.517. The van der Waals surface area contributed by atoms with E-state index in [1.807, 2.05) is 19.1 Å². The topological polar surface area (TPSA) is 139 Å². The van der Waals surface area contributed by atoms with Gasteiger partial charge in [0.25, 0.3) is 5.56 Å². The molecule has 2 aliphatic rings. The van der Waals surface area contributed by atoms with Crippen LogP contribution in [-0.2, 0) is 23.7 Å². The van der Waals surface area contributed by atoms with Gasteiger partial charge in [-0.1, -0.05) is 37.6 Å². The molecule has 1 aromatic carbocycles. The molecule has 2 saturated heterocycles. The molecule has 180 valence electrons. The largest absolute Gasteiger partial charge is 0.463 e. The van der Waals surface area contributed by atoms with E-state index < -0.39 is 35.8 Å². The minimum absolute atomic E-state index is 0.0239. The van der Waals surface area contributed by atoms with Crippen molar-refractivity contribution in [3.63, 3.8) is 0 Å². The number of rotatable bonds is 5. The van der Waals surface area contributed by atoms with Crippen LogP contribution in [0.15, 0.2) is 39.7 Å². The summed E-state index contributed by atoms with van der Waals surface area (Å²) in [7, 11) is 0. The highest BCUT2D eigenvalue weighted by molar-refractivity contribution is 6.30. The van der Waals surface area contributed by atoms with Crippen molar-refractivity contribution in [2.24, 2.45) is 5.92 Å². The predicted molar refractivity (Wildman–Crippen MR) is 121 cm³/mol. The number of anilines is 1. The molecule has 2 aliphatic heterocycles. The van der Waals surface area contributed by atoms with Crippen LogP contribution in [0.2, 0.25) is 5.02 Å². The second kappa shape index (κ2) is 8.38. The maximum absolute atomic E-state index is 12.3. The number of fused-ring (bicyclic) bond motifs is 2. The van der Waals surface area contributed by atoms with E-state index in [9.17, 15) is 9.59 Å². The number of nitrogens with two attached hydrogens (primary N) is 1. The van der Waals surface area contributed by atoms with Crippen LogP contribution in [0.5, 0.6) is 0 Å². The maximum Gasteiger partial charge on any atom is 0.308 e. The molecule has 3 N–H and O–H groups in total. The van der Waals surface area contributed by atoms with Gasteiger partial charge in [-0.2, -0.15) is 0 Å². The molecule has 0 radical (unpaired) electrons. The first-order valence-electron chi connectivity index (χ1n) is 10.8. The lowest BCUT2D eigenvalue weighted by Gasteiger charge is -2.27. The van der Waals surface area contributed by atoms with Gasteiger partial charge in [-0.25, -0.2) is 4.98 Å². The van der Waals surface area contributed by atoms with Crippen molar-refractivity contribution in [2.75, 3.05) is 12.3 Å². The molecular weight excluding hydrogens is 466 g/mol. The molecule has 3 aromatic rings. The molecule has 1 unspecified atom stereocenters. The molecule has 34 heavy (non-hydrogen) atoms. The Morgan fingerprint density at radius 3 is 2.74 bits per heavy atom. The number of hydrogen-bond donors (Lipinski definition) is 2. The van der Waals surface area contributed by atoms with Gasteiger partial charge in [0.05, 0.1) is 12.2 Å². The molecule has 0 spiro atoms. The third-order valence-corrected chi connectivity index (χ3v) is 6.38. The number of benzene rings is 1. The van der Waals surface area contributed by atoms with Gasteiger partial charge in [0.2, 0.25) is 11.5 Å². The van der Waals surface area contributed by atoms with Gasteiger partial charge in [0.1, 0.15) is 36.0 Å². The van der Waals surface area contributed by atoms with E-state index in [2.05, 4.69) is 9.97 Å². The van der Waals surface area contributed by atoms with Crippen LogP contribution in [0.3, 0.4) is 0 Å². The average Bonchev–Trinajstić information content (AvgIpc) is 3.42. The van der Waals surface area contributed by atoms with Crippen molar-refractivity contribution < 1.29 is 28.2 Å². The summed E-state index contributed by atoms with van der Waals surface area (Å²) < 4.78 is 29.9. The van der Waals surface area contributed by atoms with E-state index in [0.29, 0.717) is 10.6 Å². The number of nitrogens with one attached hydrogen (secondary N) is 1. The van der Waals surface area contributed by atoms with Crippen molar-refractivity contribution >= 4 is 34.6 Å². The number of ether oxygens (including phenoxy) is 4. The fraction of sp³-hybridized carbons (Fsp3) is 0.435. The Balaban J connectivity index is 1.52.